The predicted molar refractivity (Wildman–Crippen MR) is 169 cm³/mol. The molecule has 2 amide bonds. The maximum absolute atomic E-state index is 14.1. The molecular formula is C36H42ClN3O3. The van der Waals surface area contributed by atoms with E-state index in [0.717, 1.165) is 43.5 Å². The van der Waals surface area contributed by atoms with E-state index in [1.54, 1.807) is 0 Å². The summed E-state index contributed by atoms with van der Waals surface area (Å²) in [5.41, 5.74) is 2.64. The van der Waals surface area contributed by atoms with Crippen molar-refractivity contribution in [1.82, 2.24) is 14.7 Å². The summed E-state index contributed by atoms with van der Waals surface area (Å²) in [5, 5.41) is 12.1. The molecule has 3 aromatic rings. The number of aliphatic hydroxyl groups excluding tert-OH is 1. The molecule has 3 aliphatic heterocycles. The Hall–Kier alpha value is -3.19. The zero-order chi connectivity index (χ0) is 29.8. The Balaban J connectivity index is 1.07. The molecule has 0 aliphatic carbocycles. The van der Waals surface area contributed by atoms with E-state index in [0.29, 0.717) is 56.4 Å². The molecule has 7 heteroatoms. The minimum absolute atomic E-state index is 0.110. The molecule has 226 valence electrons. The lowest BCUT2D eigenvalue weighted by Gasteiger charge is -2.39. The first kappa shape index (κ1) is 29.9. The molecule has 43 heavy (non-hydrogen) atoms. The Morgan fingerprint density at radius 1 is 0.884 bits per heavy atom. The number of benzene rings is 3. The number of aliphatic hydroxyl groups is 1. The van der Waals surface area contributed by atoms with Crippen molar-refractivity contribution in [1.29, 1.82) is 0 Å². The van der Waals surface area contributed by atoms with Gasteiger partial charge in [-0.25, -0.2) is 0 Å². The van der Waals surface area contributed by atoms with E-state index in [1.165, 1.54) is 5.56 Å². The first-order valence-electron chi connectivity index (χ1n) is 15.7. The largest absolute Gasteiger partial charge is 0.386 e. The van der Waals surface area contributed by atoms with E-state index in [2.05, 4.69) is 35.2 Å². The first-order valence-corrected chi connectivity index (χ1v) is 16.1. The van der Waals surface area contributed by atoms with Crippen LogP contribution in [-0.2, 0) is 22.6 Å². The van der Waals surface area contributed by atoms with Gasteiger partial charge in [-0.1, -0.05) is 84.4 Å². The predicted octanol–water partition coefficient (Wildman–Crippen LogP) is 5.74. The summed E-state index contributed by atoms with van der Waals surface area (Å²) < 4.78 is 0. The second kappa shape index (κ2) is 13.2. The van der Waals surface area contributed by atoms with Gasteiger partial charge in [-0.2, -0.15) is 0 Å². The van der Waals surface area contributed by atoms with Crippen molar-refractivity contribution in [2.24, 2.45) is 11.3 Å². The van der Waals surface area contributed by atoms with E-state index in [4.69, 9.17) is 11.6 Å². The molecule has 1 N–H and O–H groups in total. The zero-order valence-electron chi connectivity index (χ0n) is 24.8. The molecular weight excluding hydrogens is 558 g/mol. The summed E-state index contributed by atoms with van der Waals surface area (Å²) in [6, 6.07) is 27.6. The van der Waals surface area contributed by atoms with Crippen molar-refractivity contribution >= 4 is 23.4 Å². The van der Waals surface area contributed by atoms with Crippen molar-refractivity contribution in [3.05, 3.63) is 107 Å². The van der Waals surface area contributed by atoms with Gasteiger partial charge in [0, 0.05) is 24.7 Å². The molecule has 3 saturated heterocycles. The van der Waals surface area contributed by atoms with Gasteiger partial charge in [0.25, 0.3) is 0 Å². The molecule has 1 spiro atoms. The second-order valence-corrected chi connectivity index (χ2v) is 13.2. The number of amides is 2. The van der Waals surface area contributed by atoms with E-state index in [1.807, 2.05) is 64.4 Å². The Morgan fingerprint density at radius 3 is 2.21 bits per heavy atom. The Labute approximate surface area is 260 Å². The smallest absolute Gasteiger partial charge is 0.236 e. The molecule has 0 unspecified atom stereocenters. The summed E-state index contributed by atoms with van der Waals surface area (Å²) >= 11 is 6.27. The molecule has 3 aromatic carbocycles. The highest BCUT2D eigenvalue weighted by atomic mass is 35.5. The van der Waals surface area contributed by atoms with E-state index in [9.17, 15) is 14.7 Å². The lowest BCUT2D eigenvalue weighted by molar-refractivity contribution is -0.141. The minimum atomic E-state index is -0.770. The highest BCUT2D eigenvalue weighted by Crippen LogP contribution is 2.48. The fourth-order valence-corrected chi connectivity index (χ4v) is 7.62. The number of rotatable bonds is 8. The average molecular weight is 600 g/mol. The summed E-state index contributed by atoms with van der Waals surface area (Å²) in [6.07, 6.45) is 4.41. The number of hydrogen-bond acceptors (Lipinski definition) is 4. The number of nitrogens with zero attached hydrogens (tertiary/aromatic N) is 3. The fourth-order valence-electron chi connectivity index (χ4n) is 7.41. The Kier molecular flexibility index (Phi) is 9.17. The van der Waals surface area contributed by atoms with E-state index < -0.39 is 11.5 Å². The van der Waals surface area contributed by atoms with Gasteiger partial charge < -0.3 is 14.9 Å². The summed E-state index contributed by atoms with van der Waals surface area (Å²) in [7, 11) is 0. The maximum atomic E-state index is 14.1. The van der Waals surface area contributed by atoms with Gasteiger partial charge in [0.15, 0.2) is 0 Å². The van der Waals surface area contributed by atoms with Crippen molar-refractivity contribution in [2.45, 2.75) is 57.2 Å². The van der Waals surface area contributed by atoms with Gasteiger partial charge in [-0.05, 0) is 86.4 Å². The SMILES string of the molecule is O=C(CN1CCC2(CC1)C[C@@H]([C@H](O)c1ccccc1)N(Cc1cccc(Cl)c1)C2=O)N1CCC(Cc2ccccc2)CC1. The normalized spacial score (nSPS) is 21.8. The Morgan fingerprint density at radius 2 is 1.53 bits per heavy atom. The lowest BCUT2D eigenvalue weighted by atomic mass is 9.75. The highest BCUT2D eigenvalue weighted by molar-refractivity contribution is 6.30. The molecule has 3 fully saturated rings. The first-order chi connectivity index (χ1) is 20.9. The quantitative estimate of drug-likeness (QED) is 0.359. The topological polar surface area (TPSA) is 64.1 Å². The lowest BCUT2D eigenvalue weighted by Crippen LogP contribution is -2.49. The third-order valence-electron chi connectivity index (χ3n) is 9.97. The third-order valence-corrected chi connectivity index (χ3v) is 10.2. The minimum Gasteiger partial charge on any atom is -0.386 e. The zero-order valence-corrected chi connectivity index (χ0v) is 25.5. The van der Waals surface area contributed by atoms with Crippen LogP contribution in [0.2, 0.25) is 5.02 Å². The summed E-state index contributed by atoms with van der Waals surface area (Å²) in [4.78, 5) is 33.5. The van der Waals surface area contributed by atoms with Gasteiger partial charge in [-0.3, -0.25) is 14.5 Å². The van der Waals surface area contributed by atoms with Crippen LogP contribution in [0.15, 0.2) is 84.9 Å². The maximum Gasteiger partial charge on any atom is 0.236 e. The van der Waals surface area contributed by atoms with Crippen LogP contribution in [0.3, 0.4) is 0 Å². The number of halogens is 1. The molecule has 6 nitrogen and oxygen atoms in total. The molecule has 0 aromatic heterocycles. The van der Waals surface area contributed by atoms with E-state index in [-0.39, 0.29) is 17.9 Å². The standard InChI is InChI=1S/C36H42ClN3O3/c37-31-13-7-10-29(23-31)25-40-32(34(42)30-11-5-2-6-12-30)24-36(35(40)43)16-20-38(21-17-36)26-33(41)39-18-14-28(15-19-39)22-27-8-3-1-4-9-27/h1-13,23,28,32,34,42H,14-22,24-26H2/t32-,34+/m0/s1. The van der Waals surface area contributed by atoms with Crippen molar-refractivity contribution in [3.63, 3.8) is 0 Å². The molecule has 2 atom stereocenters. The van der Waals surface area contributed by atoms with Crippen LogP contribution in [0.5, 0.6) is 0 Å². The molecule has 3 heterocycles. The molecule has 0 radical (unpaired) electrons. The van der Waals surface area contributed by atoms with Crippen LogP contribution in [-0.4, -0.2) is 70.4 Å². The van der Waals surface area contributed by atoms with Gasteiger partial charge in [-0.15, -0.1) is 0 Å². The van der Waals surface area contributed by atoms with Crippen molar-refractivity contribution in [3.8, 4) is 0 Å². The van der Waals surface area contributed by atoms with Gasteiger partial charge in [0.1, 0.15) is 0 Å². The fraction of sp³-hybridized carbons (Fsp3) is 0.444. The van der Waals surface area contributed by atoms with Gasteiger partial charge in [0.2, 0.25) is 11.8 Å². The monoisotopic (exact) mass is 599 g/mol. The number of carbonyl (C=O) groups excluding carboxylic acids is 2. The van der Waals surface area contributed by atoms with Crippen LogP contribution >= 0.6 is 11.6 Å². The van der Waals surface area contributed by atoms with Gasteiger partial charge >= 0.3 is 0 Å². The molecule has 0 saturated carbocycles. The van der Waals surface area contributed by atoms with Crippen LogP contribution in [0, 0.1) is 11.3 Å². The van der Waals surface area contributed by atoms with Crippen LogP contribution < -0.4 is 0 Å². The Bertz CT molecular complexity index is 1390. The van der Waals surface area contributed by atoms with Crippen molar-refractivity contribution < 1.29 is 14.7 Å². The molecule has 3 aliphatic rings. The number of likely N-dealkylation sites (tertiary alicyclic amines) is 3. The van der Waals surface area contributed by atoms with Crippen LogP contribution in [0.1, 0.15) is 54.9 Å². The highest BCUT2D eigenvalue weighted by Gasteiger charge is 2.54. The van der Waals surface area contributed by atoms with Crippen LogP contribution in [0.25, 0.3) is 0 Å². The summed E-state index contributed by atoms with van der Waals surface area (Å²) in [6.45, 7) is 3.89. The second-order valence-electron chi connectivity index (χ2n) is 12.8. The average Bonchev–Trinajstić information content (AvgIpc) is 3.29. The molecule has 0 bridgehead atoms. The van der Waals surface area contributed by atoms with E-state index >= 15 is 0 Å². The number of piperidine rings is 2. The van der Waals surface area contributed by atoms with Gasteiger partial charge in [0.05, 0.1) is 24.1 Å². The third kappa shape index (κ3) is 6.82. The van der Waals surface area contributed by atoms with Crippen molar-refractivity contribution in [2.75, 3.05) is 32.7 Å². The molecule has 6 rings (SSSR count). The summed E-state index contributed by atoms with van der Waals surface area (Å²) in [5.74, 6) is 0.939. The number of hydrogen-bond donors (Lipinski definition) is 1. The van der Waals surface area contributed by atoms with Crippen LogP contribution in [0.4, 0.5) is 0 Å². The number of carbonyl (C=O) groups is 2.